The van der Waals surface area contributed by atoms with Crippen LogP contribution in [-0.4, -0.2) is 12.5 Å². The van der Waals surface area contributed by atoms with Crippen molar-refractivity contribution in [2.24, 2.45) is 17.6 Å². The van der Waals surface area contributed by atoms with Crippen LogP contribution in [0.3, 0.4) is 0 Å². The Balaban J connectivity index is 2.62. The van der Waals surface area contributed by atoms with E-state index < -0.39 is 0 Å². The van der Waals surface area contributed by atoms with Crippen molar-refractivity contribution in [3.8, 4) is 0 Å². The Kier molecular flexibility index (Phi) is 8.46. The van der Waals surface area contributed by atoms with Crippen LogP contribution < -0.4 is 11.1 Å². The zero-order valence-electron chi connectivity index (χ0n) is 12.3. The normalized spacial score (nSPS) is 12.5. The largest absolute Gasteiger partial charge is 0.330 e. The van der Waals surface area contributed by atoms with Crippen LogP contribution in [0.2, 0.25) is 0 Å². The van der Waals surface area contributed by atoms with E-state index in [-0.39, 0.29) is 5.91 Å². The van der Waals surface area contributed by atoms with E-state index in [1.54, 1.807) is 0 Å². The first-order valence-corrected chi connectivity index (χ1v) is 9.37. The summed E-state index contributed by atoms with van der Waals surface area (Å²) in [5.41, 5.74) is 6.40. The van der Waals surface area contributed by atoms with Crippen molar-refractivity contribution in [3.05, 3.63) is 25.6 Å². The minimum absolute atomic E-state index is 0.0291. The third-order valence-electron chi connectivity index (χ3n) is 3.49. The van der Waals surface area contributed by atoms with E-state index in [2.05, 4.69) is 67.0 Å². The molecule has 0 bridgehead atoms. The molecule has 1 atom stereocenters. The summed E-state index contributed by atoms with van der Waals surface area (Å²) in [7, 11) is 0. The van der Waals surface area contributed by atoms with Crippen molar-refractivity contribution in [3.63, 3.8) is 0 Å². The summed E-state index contributed by atoms with van der Waals surface area (Å²) in [6.07, 6.45) is 2.35. The Morgan fingerprint density at radius 1 is 1.19 bits per heavy atom. The molecule has 0 saturated carbocycles. The fourth-order valence-electron chi connectivity index (χ4n) is 2.21. The number of anilines is 1. The van der Waals surface area contributed by atoms with Gasteiger partial charge in [-0.1, -0.05) is 29.8 Å². The number of amides is 1. The topological polar surface area (TPSA) is 55.1 Å². The van der Waals surface area contributed by atoms with Crippen LogP contribution in [0, 0.1) is 11.8 Å². The lowest BCUT2D eigenvalue weighted by Crippen LogP contribution is -2.18. The highest BCUT2D eigenvalue weighted by molar-refractivity contribution is 9.11. The first-order chi connectivity index (χ1) is 9.85. The van der Waals surface area contributed by atoms with E-state index >= 15 is 0 Å². The number of hydrogen-bond donors (Lipinski definition) is 2. The van der Waals surface area contributed by atoms with Gasteiger partial charge in [0.2, 0.25) is 5.91 Å². The SMILES string of the molecule is CC(C)C(CCN)CCC(=O)Nc1c(Br)cc(Br)cc1Br. The molecule has 3 nitrogen and oxygen atoms in total. The highest BCUT2D eigenvalue weighted by Crippen LogP contribution is 2.34. The maximum Gasteiger partial charge on any atom is 0.224 e. The molecule has 0 aliphatic carbocycles. The zero-order chi connectivity index (χ0) is 16.0. The minimum atomic E-state index is 0.0291. The first kappa shape index (κ1) is 19.1. The summed E-state index contributed by atoms with van der Waals surface area (Å²) in [4.78, 5) is 12.1. The van der Waals surface area contributed by atoms with Crippen LogP contribution in [0.4, 0.5) is 5.69 Å². The molecule has 118 valence electrons. The number of carbonyl (C=O) groups excluding carboxylic acids is 1. The van der Waals surface area contributed by atoms with Crippen LogP contribution in [0.15, 0.2) is 25.6 Å². The maximum atomic E-state index is 12.1. The van der Waals surface area contributed by atoms with Gasteiger partial charge in [-0.15, -0.1) is 0 Å². The van der Waals surface area contributed by atoms with Crippen molar-refractivity contribution in [1.82, 2.24) is 0 Å². The van der Waals surface area contributed by atoms with Gasteiger partial charge in [0.05, 0.1) is 5.69 Å². The number of hydrogen-bond acceptors (Lipinski definition) is 2. The number of nitrogens with one attached hydrogen (secondary N) is 1. The number of nitrogens with two attached hydrogens (primary N) is 1. The van der Waals surface area contributed by atoms with Crippen molar-refractivity contribution < 1.29 is 4.79 Å². The Labute approximate surface area is 151 Å². The van der Waals surface area contributed by atoms with Gasteiger partial charge >= 0.3 is 0 Å². The van der Waals surface area contributed by atoms with Crippen molar-refractivity contribution in [2.45, 2.75) is 33.1 Å². The van der Waals surface area contributed by atoms with Gasteiger partial charge in [-0.3, -0.25) is 4.79 Å². The third kappa shape index (κ3) is 6.38. The van der Waals surface area contributed by atoms with Crippen LogP contribution in [-0.2, 0) is 4.79 Å². The van der Waals surface area contributed by atoms with E-state index in [0.29, 0.717) is 24.8 Å². The molecule has 1 rings (SSSR count). The molecule has 21 heavy (non-hydrogen) atoms. The molecular weight excluding hydrogens is 464 g/mol. The maximum absolute atomic E-state index is 12.1. The van der Waals surface area contributed by atoms with Crippen molar-refractivity contribution in [1.29, 1.82) is 0 Å². The molecule has 0 heterocycles. The fraction of sp³-hybridized carbons (Fsp3) is 0.533. The Morgan fingerprint density at radius 2 is 1.76 bits per heavy atom. The van der Waals surface area contributed by atoms with Crippen LogP contribution in [0.5, 0.6) is 0 Å². The van der Waals surface area contributed by atoms with Gasteiger partial charge in [0.15, 0.2) is 0 Å². The molecule has 1 aromatic rings. The van der Waals surface area contributed by atoms with E-state index in [4.69, 9.17) is 5.73 Å². The second-order valence-electron chi connectivity index (χ2n) is 5.41. The number of benzene rings is 1. The lowest BCUT2D eigenvalue weighted by atomic mass is 9.88. The first-order valence-electron chi connectivity index (χ1n) is 6.99. The second-order valence-corrected chi connectivity index (χ2v) is 8.04. The van der Waals surface area contributed by atoms with Crippen molar-refractivity contribution >= 4 is 59.4 Å². The highest BCUT2D eigenvalue weighted by atomic mass is 79.9. The fourth-order valence-corrected chi connectivity index (χ4v) is 4.66. The number of rotatable bonds is 7. The summed E-state index contributed by atoms with van der Waals surface area (Å²) in [5.74, 6) is 1.08. The number of halogens is 3. The predicted octanol–water partition coefficient (Wildman–Crippen LogP) is 5.31. The van der Waals surface area contributed by atoms with Gasteiger partial charge in [0.1, 0.15) is 0 Å². The van der Waals surface area contributed by atoms with E-state index in [9.17, 15) is 4.79 Å². The smallest absolute Gasteiger partial charge is 0.224 e. The highest BCUT2D eigenvalue weighted by Gasteiger charge is 2.16. The standard InChI is InChI=1S/C15H21Br3N2O/c1-9(2)10(5-6-19)3-4-14(21)20-15-12(17)7-11(16)8-13(15)18/h7-10H,3-6,19H2,1-2H3,(H,20,21). The molecule has 0 radical (unpaired) electrons. The summed E-state index contributed by atoms with van der Waals surface area (Å²) in [6.45, 7) is 5.04. The molecule has 6 heteroatoms. The minimum Gasteiger partial charge on any atom is -0.330 e. The molecule has 0 aromatic heterocycles. The van der Waals surface area contributed by atoms with Crippen LogP contribution in [0.25, 0.3) is 0 Å². The molecule has 1 aromatic carbocycles. The van der Waals surface area contributed by atoms with Gasteiger partial charge in [-0.05, 0) is 75.2 Å². The monoisotopic (exact) mass is 482 g/mol. The molecular formula is C15H21Br3N2O. The summed E-state index contributed by atoms with van der Waals surface area (Å²) in [6, 6.07) is 3.82. The molecule has 0 spiro atoms. The van der Waals surface area contributed by atoms with Gasteiger partial charge < -0.3 is 11.1 Å². The molecule has 3 N–H and O–H groups in total. The average Bonchev–Trinajstić information content (AvgIpc) is 2.38. The molecule has 0 aliphatic heterocycles. The van der Waals surface area contributed by atoms with E-state index in [0.717, 1.165) is 31.9 Å². The van der Waals surface area contributed by atoms with Gasteiger partial charge in [0.25, 0.3) is 0 Å². The second kappa shape index (κ2) is 9.28. The summed E-state index contributed by atoms with van der Waals surface area (Å²) < 4.78 is 2.64. The Morgan fingerprint density at radius 3 is 2.24 bits per heavy atom. The van der Waals surface area contributed by atoms with Crippen LogP contribution >= 0.6 is 47.8 Å². The van der Waals surface area contributed by atoms with E-state index in [1.807, 2.05) is 12.1 Å². The molecule has 0 saturated heterocycles. The number of carbonyl (C=O) groups is 1. The summed E-state index contributed by atoms with van der Waals surface area (Å²) >= 11 is 10.3. The quantitative estimate of drug-likeness (QED) is 0.550. The average molecular weight is 485 g/mol. The molecule has 1 amide bonds. The Hall–Kier alpha value is 0.0900. The van der Waals surface area contributed by atoms with Crippen LogP contribution in [0.1, 0.15) is 33.1 Å². The molecule has 0 aliphatic rings. The third-order valence-corrected chi connectivity index (χ3v) is 5.20. The van der Waals surface area contributed by atoms with Gasteiger partial charge in [-0.2, -0.15) is 0 Å². The molecule has 1 unspecified atom stereocenters. The van der Waals surface area contributed by atoms with Gasteiger partial charge in [0, 0.05) is 19.8 Å². The zero-order valence-corrected chi connectivity index (χ0v) is 17.0. The van der Waals surface area contributed by atoms with Crippen molar-refractivity contribution in [2.75, 3.05) is 11.9 Å². The lowest BCUT2D eigenvalue weighted by Gasteiger charge is -2.20. The molecule has 0 fully saturated rings. The summed E-state index contributed by atoms with van der Waals surface area (Å²) in [5, 5.41) is 2.96. The van der Waals surface area contributed by atoms with E-state index in [1.165, 1.54) is 0 Å². The van der Waals surface area contributed by atoms with Gasteiger partial charge in [-0.25, -0.2) is 0 Å². The lowest BCUT2D eigenvalue weighted by molar-refractivity contribution is -0.116. The Bertz CT molecular complexity index is 469. The predicted molar refractivity (Wildman–Crippen MR) is 99.4 cm³/mol.